The minimum absolute atomic E-state index is 0.474. The van der Waals surface area contributed by atoms with E-state index in [9.17, 15) is 10.2 Å². The molecular weight excluding hydrogens is 282 g/mol. The van der Waals surface area contributed by atoms with Crippen molar-refractivity contribution in [3.63, 3.8) is 0 Å². The van der Waals surface area contributed by atoms with E-state index in [4.69, 9.17) is 4.74 Å². The molecule has 0 aromatic carbocycles. The van der Waals surface area contributed by atoms with Gasteiger partial charge in [0.05, 0.1) is 23.6 Å². The predicted molar refractivity (Wildman–Crippen MR) is 82.9 cm³/mol. The fraction of sp³-hybridized carbons (Fsp3) is 0.750. The Hall–Kier alpha value is -1.24. The van der Waals surface area contributed by atoms with E-state index >= 15 is 0 Å². The quantitative estimate of drug-likeness (QED) is 0.805. The highest BCUT2D eigenvalue weighted by atomic mass is 16.5. The SMILES string of the molecule is Cc1cnc(C)c(N2CCC3(CC2)OCC[C@@](C)(O)[C@@H]3O)n1. The monoisotopic (exact) mass is 307 g/mol. The Morgan fingerprint density at radius 1 is 1.27 bits per heavy atom. The largest absolute Gasteiger partial charge is 0.387 e. The van der Waals surface area contributed by atoms with Gasteiger partial charge >= 0.3 is 0 Å². The van der Waals surface area contributed by atoms with Crippen LogP contribution >= 0.6 is 0 Å². The van der Waals surface area contributed by atoms with Gasteiger partial charge in [0.2, 0.25) is 0 Å². The molecule has 2 saturated heterocycles. The third kappa shape index (κ3) is 2.59. The van der Waals surface area contributed by atoms with Crippen LogP contribution in [0.3, 0.4) is 0 Å². The predicted octanol–water partition coefficient (Wildman–Crippen LogP) is 0.965. The molecule has 0 amide bonds. The Bertz CT molecular complexity index is 554. The Labute approximate surface area is 131 Å². The molecule has 1 spiro atoms. The van der Waals surface area contributed by atoms with Crippen molar-refractivity contribution in [3.05, 3.63) is 17.6 Å². The van der Waals surface area contributed by atoms with Crippen molar-refractivity contribution in [2.24, 2.45) is 0 Å². The summed E-state index contributed by atoms with van der Waals surface area (Å²) in [5.74, 6) is 0.909. The summed E-state index contributed by atoms with van der Waals surface area (Å²) in [5.41, 5.74) is 0.111. The van der Waals surface area contributed by atoms with E-state index in [1.807, 2.05) is 13.8 Å². The average Bonchev–Trinajstić information content (AvgIpc) is 2.48. The molecule has 0 unspecified atom stereocenters. The zero-order chi connectivity index (χ0) is 16.0. The second-order valence-corrected chi connectivity index (χ2v) is 6.83. The van der Waals surface area contributed by atoms with Crippen LogP contribution in [-0.4, -0.2) is 57.2 Å². The van der Waals surface area contributed by atoms with Crippen LogP contribution in [-0.2, 0) is 4.74 Å². The highest BCUT2D eigenvalue weighted by Crippen LogP contribution is 2.40. The van der Waals surface area contributed by atoms with Crippen molar-refractivity contribution >= 4 is 5.82 Å². The summed E-state index contributed by atoms with van der Waals surface area (Å²) in [7, 11) is 0. The van der Waals surface area contributed by atoms with Crippen molar-refractivity contribution in [2.45, 2.75) is 57.3 Å². The van der Waals surface area contributed by atoms with Crippen LogP contribution < -0.4 is 4.90 Å². The van der Waals surface area contributed by atoms with Gasteiger partial charge in [-0.05, 0) is 33.6 Å². The lowest BCUT2D eigenvalue weighted by Gasteiger charge is -2.51. The molecule has 1 aromatic rings. The average molecular weight is 307 g/mol. The van der Waals surface area contributed by atoms with E-state index < -0.39 is 17.3 Å². The molecule has 2 N–H and O–H groups in total. The summed E-state index contributed by atoms with van der Waals surface area (Å²) in [6.45, 7) is 7.57. The molecule has 0 bridgehead atoms. The topological polar surface area (TPSA) is 78.7 Å². The third-order valence-electron chi connectivity index (χ3n) is 5.05. The molecule has 2 aliphatic heterocycles. The molecule has 22 heavy (non-hydrogen) atoms. The molecule has 2 fully saturated rings. The molecule has 122 valence electrons. The molecule has 6 nitrogen and oxygen atoms in total. The number of aliphatic hydroxyl groups is 2. The summed E-state index contributed by atoms with van der Waals surface area (Å²) in [4.78, 5) is 11.2. The highest BCUT2D eigenvalue weighted by molar-refractivity contribution is 5.44. The van der Waals surface area contributed by atoms with Crippen molar-refractivity contribution in [1.29, 1.82) is 0 Å². The smallest absolute Gasteiger partial charge is 0.150 e. The van der Waals surface area contributed by atoms with Crippen molar-refractivity contribution in [3.8, 4) is 0 Å². The maximum atomic E-state index is 10.5. The van der Waals surface area contributed by atoms with Crippen molar-refractivity contribution in [2.75, 3.05) is 24.6 Å². The first-order valence-corrected chi connectivity index (χ1v) is 7.94. The fourth-order valence-electron chi connectivity index (χ4n) is 3.58. The Kier molecular flexibility index (Phi) is 3.87. The lowest BCUT2D eigenvalue weighted by molar-refractivity contribution is -0.239. The Balaban J connectivity index is 1.76. The number of hydrogen-bond acceptors (Lipinski definition) is 6. The third-order valence-corrected chi connectivity index (χ3v) is 5.05. The Morgan fingerprint density at radius 2 is 1.95 bits per heavy atom. The number of nitrogens with zero attached hydrogens (tertiary/aromatic N) is 3. The molecule has 2 atom stereocenters. The zero-order valence-corrected chi connectivity index (χ0v) is 13.5. The number of anilines is 1. The van der Waals surface area contributed by atoms with Gasteiger partial charge < -0.3 is 19.8 Å². The van der Waals surface area contributed by atoms with Crippen LogP contribution in [0.1, 0.15) is 37.6 Å². The van der Waals surface area contributed by atoms with E-state index in [0.29, 0.717) is 25.9 Å². The van der Waals surface area contributed by atoms with Gasteiger partial charge in [-0.2, -0.15) is 0 Å². The second kappa shape index (κ2) is 5.44. The number of aryl methyl sites for hydroxylation is 2. The van der Waals surface area contributed by atoms with Crippen LogP contribution in [0, 0.1) is 13.8 Å². The molecule has 3 rings (SSSR count). The van der Waals surface area contributed by atoms with Gasteiger partial charge in [-0.15, -0.1) is 0 Å². The highest BCUT2D eigenvalue weighted by Gasteiger charge is 2.52. The summed E-state index contributed by atoms with van der Waals surface area (Å²) in [6.07, 6.45) is 2.76. The van der Waals surface area contributed by atoms with Gasteiger partial charge in [-0.25, -0.2) is 4.98 Å². The standard InChI is InChI=1S/C16H25N3O3/c1-11-10-17-12(2)13(18-11)19-7-4-16(5-8-19)14(20)15(3,21)6-9-22-16/h10,14,20-21H,4-9H2,1-3H3/t14-,15+/m0/s1. The lowest BCUT2D eigenvalue weighted by atomic mass is 9.75. The zero-order valence-electron chi connectivity index (χ0n) is 13.5. The molecule has 2 aliphatic rings. The van der Waals surface area contributed by atoms with E-state index in [1.54, 1.807) is 13.1 Å². The Morgan fingerprint density at radius 3 is 2.64 bits per heavy atom. The summed E-state index contributed by atoms with van der Waals surface area (Å²) < 4.78 is 5.92. The molecule has 6 heteroatoms. The molecule has 3 heterocycles. The van der Waals surface area contributed by atoms with E-state index in [2.05, 4.69) is 14.9 Å². The van der Waals surface area contributed by atoms with E-state index in [-0.39, 0.29) is 0 Å². The summed E-state index contributed by atoms with van der Waals surface area (Å²) in [6, 6.07) is 0. The number of aliphatic hydroxyl groups excluding tert-OH is 1. The molecule has 0 aliphatic carbocycles. The van der Waals surface area contributed by atoms with Crippen LogP contribution in [0.25, 0.3) is 0 Å². The van der Waals surface area contributed by atoms with Gasteiger partial charge in [0.25, 0.3) is 0 Å². The number of ether oxygens (including phenoxy) is 1. The normalized spacial score (nSPS) is 31.5. The second-order valence-electron chi connectivity index (χ2n) is 6.83. The van der Waals surface area contributed by atoms with Crippen LogP contribution in [0.4, 0.5) is 5.82 Å². The van der Waals surface area contributed by atoms with Gasteiger partial charge in [-0.1, -0.05) is 0 Å². The van der Waals surface area contributed by atoms with Gasteiger partial charge in [-0.3, -0.25) is 4.98 Å². The van der Waals surface area contributed by atoms with Crippen LogP contribution in [0.15, 0.2) is 6.20 Å². The number of hydrogen-bond donors (Lipinski definition) is 2. The fourth-order valence-corrected chi connectivity index (χ4v) is 3.58. The van der Waals surface area contributed by atoms with Crippen LogP contribution in [0.5, 0.6) is 0 Å². The minimum atomic E-state index is -1.07. The van der Waals surface area contributed by atoms with Gasteiger partial charge in [0, 0.05) is 25.7 Å². The van der Waals surface area contributed by atoms with Crippen molar-refractivity contribution in [1.82, 2.24) is 9.97 Å². The summed E-state index contributed by atoms with van der Waals surface area (Å²) >= 11 is 0. The first-order valence-electron chi connectivity index (χ1n) is 7.94. The molecular formula is C16H25N3O3. The van der Waals surface area contributed by atoms with E-state index in [1.165, 1.54) is 0 Å². The molecule has 0 radical (unpaired) electrons. The van der Waals surface area contributed by atoms with Gasteiger partial charge in [0.15, 0.2) is 0 Å². The number of rotatable bonds is 1. The number of piperidine rings is 1. The minimum Gasteiger partial charge on any atom is -0.387 e. The van der Waals surface area contributed by atoms with Gasteiger partial charge in [0.1, 0.15) is 17.5 Å². The maximum absolute atomic E-state index is 10.5. The van der Waals surface area contributed by atoms with Crippen molar-refractivity contribution < 1.29 is 14.9 Å². The first kappa shape index (κ1) is 15.6. The molecule has 0 saturated carbocycles. The van der Waals surface area contributed by atoms with E-state index in [0.717, 1.165) is 30.3 Å². The maximum Gasteiger partial charge on any atom is 0.150 e. The lowest BCUT2D eigenvalue weighted by Crippen LogP contribution is -2.64. The first-order chi connectivity index (χ1) is 10.3. The van der Waals surface area contributed by atoms with Crippen LogP contribution in [0.2, 0.25) is 0 Å². The number of aromatic nitrogens is 2. The summed E-state index contributed by atoms with van der Waals surface area (Å²) in [5, 5.41) is 20.9. The molecule has 1 aromatic heterocycles.